The highest BCUT2D eigenvalue weighted by molar-refractivity contribution is 6.02. The summed E-state index contributed by atoms with van der Waals surface area (Å²) in [6.07, 6.45) is 6.49. The van der Waals surface area contributed by atoms with Crippen molar-refractivity contribution in [1.82, 2.24) is 0 Å². The first-order valence-electron chi connectivity index (χ1n) is 8.03. The molecule has 4 heteroatoms. The fraction of sp³-hybridized carbons (Fsp3) is 0.588. The number of carbonyl (C=O) groups excluding carboxylic acids is 1. The zero-order valence-electron chi connectivity index (χ0n) is 12.9. The summed E-state index contributed by atoms with van der Waals surface area (Å²) in [5.74, 6) is 0.806. The average molecular weight is 287 g/mol. The van der Waals surface area contributed by atoms with Gasteiger partial charge in [0.05, 0.1) is 0 Å². The first kappa shape index (κ1) is 14.4. The number of hydrogen-bond acceptors (Lipinski definition) is 3. The number of nitrogens with two attached hydrogens (primary N) is 1. The van der Waals surface area contributed by atoms with E-state index in [0.717, 1.165) is 17.2 Å². The monoisotopic (exact) mass is 287 g/mol. The van der Waals surface area contributed by atoms with Crippen LogP contribution in [0, 0.1) is 5.92 Å². The number of nitrogens with one attached hydrogen (secondary N) is 1. The molecule has 3 N–H and O–H groups in total. The van der Waals surface area contributed by atoms with Gasteiger partial charge in [0.15, 0.2) is 0 Å². The van der Waals surface area contributed by atoms with E-state index in [2.05, 4.69) is 36.3 Å². The van der Waals surface area contributed by atoms with E-state index >= 15 is 0 Å². The summed E-state index contributed by atoms with van der Waals surface area (Å²) in [4.78, 5) is 14.0. The summed E-state index contributed by atoms with van der Waals surface area (Å²) in [7, 11) is 2.16. The molecule has 0 aromatic heterocycles. The largest absolute Gasteiger partial charge is 0.372 e. The van der Waals surface area contributed by atoms with Gasteiger partial charge in [0, 0.05) is 30.0 Å². The van der Waals surface area contributed by atoms with E-state index in [-0.39, 0.29) is 5.91 Å². The molecule has 114 valence electrons. The van der Waals surface area contributed by atoms with E-state index in [0.29, 0.717) is 6.04 Å². The Hall–Kier alpha value is -1.55. The van der Waals surface area contributed by atoms with Gasteiger partial charge in [-0.25, -0.2) is 0 Å². The number of hydrogen-bond donors (Lipinski definition) is 2. The summed E-state index contributed by atoms with van der Waals surface area (Å²) in [5.41, 5.74) is 8.82. The Kier molecular flexibility index (Phi) is 3.89. The molecule has 0 spiro atoms. The fourth-order valence-electron chi connectivity index (χ4n) is 3.65. The lowest BCUT2D eigenvalue weighted by Crippen LogP contribution is -2.35. The number of anilines is 2. The molecule has 1 aromatic carbocycles. The highest BCUT2D eigenvalue weighted by Crippen LogP contribution is 2.35. The Morgan fingerprint density at radius 2 is 2.00 bits per heavy atom. The maximum Gasteiger partial charge on any atom is 0.245 e. The molecule has 1 amide bonds. The zero-order valence-corrected chi connectivity index (χ0v) is 12.9. The molecule has 1 atom stereocenters. The standard InChI is InChI=1S/C17H25N3O/c1-3-11-4-6-12(7-5-11)20(2)13-8-9-14-15(10-13)19-17(21)16(14)18/h8-12,16H,3-7,18H2,1-2H3,(H,19,21). The van der Waals surface area contributed by atoms with Crippen molar-refractivity contribution in [3.8, 4) is 0 Å². The molecule has 1 aliphatic carbocycles. The quantitative estimate of drug-likeness (QED) is 0.898. The van der Waals surface area contributed by atoms with Crippen molar-refractivity contribution in [1.29, 1.82) is 0 Å². The van der Waals surface area contributed by atoms with Gasteiger partial charge >= 0.3 is 0 Å². The van der Waals surface area contributed by atoms with E-state index in [1.807, 2.05) is 6.07 Å². The molecule has 1 aliphatic heterocycles. The smallest absolute Gasteiger partial charge is 0.245 e. The highest BCUT2D eigenvalue weighted by Gasteiger charge is 2.28. The normalized spacial score (nSPS) is 28.1. The van der Waals surface area contributed by atoms with E-state index in [1.165, 1.54) is 37.8 Å². The Balaban J connectivity index is 1.73. The number of benzene rings is 1. The van der Waals surface area contributed by atoms with Crippen LogP contribution in [0.5, 0.6) is 0 Å². The van der Waals surface area contributed by atoms with Gasteiger partial charge in [0.1, 0.15) is 6.04 Å². The minimum absolute atomic E-state index is 0.103. The summed E-state index contributed by atoms with van der Waals surface area (Å²) in [5, 5.41) is 2.87. The molecule has 0 radical (unpaired) electrons. The van der Waals surface area contributed by atoms with Crippen molar-refractivity contribution in [2.75, 3.05) is 17.3 Å². The lowest BCUT2D eigenvalue weighted by molar-refractivity contribution is -0.116. The van der Waals surface area contributed by atoms with E-state index < -0.39 is 6.04 Å². The molecule has 0 saturated heterocycles. The molecule has 3 rings (SSSR count). The molecule has 1 fully saturated rings. The van der Waals surface area contributed by atoms with Crippen LogP contribution in [0.2, 0.25) is 0 Å². The number of fused-ring (bicyclic) bond motifs is 1. The molecule has 1 saturated carbocycles. The predicted octanol–water partition coefficient (Wildman–Crippen LogP) is 3.04. The summed E-state index contributed by atoms with van der Waals surface area (Å²) < 4.78 is 0. The van der Waals surface area contributed by atoms with Crippen LogP contribution in [0.25, 0.3) is 0 Å². The van der Waals surface area contributed by atoms with E-state index in [1.54, 1.807) is 0 Å². The van der Waals surface area contributed by atoms with Crippen LogP contribution in [-0.4, -0.2) is 19.0 Å². The topological polar surface area (TPSA) is 58.4 Å². The second-order valence-corrected chi connectivity index (χ2v) is 6.43. The summed E-state index contributed by atoms with van der Waals surface area (Å²) in [6, 6.07) is 6.23. The van der Waals surface area contributed by atoms with Gasteiger partial charge in [0.25, 0.3) is 0 Å². The molecular formula is C17H25N3O. The van der Waals surface area contributed by atoms with Gasteiger partial charge in [-0.15, -0.1) is 0 Å². The third-order valence-electron chi connectivity index (χ3n) is 5.26. The highest BCUT2D eigenvalue weighted by atomic mass is 16.2. The van der Waals surface area contributed by atoms with Crippen LogP contribution < -0.4 is 16.0 Å². The molecule has 2 aliphatic rings. The van der Waals surface area contributed by atoms with Crippen molar-refractivity contribution < 1.29 is 4.79 Å². The van der Waals surface area contributed by atoms with Gasteiger partial charge in [-0.3, -0.25) is 4.79 Å². The second kappa shape index (κ2) is 5.68. The van der Waals surface area contributed by atoms with Crippen LogP contribution in [-0.2, 0) is 4.79 Å². The zero-order chi connectivity index (χ0) is 15.0. The first-order chi connectivity index (χ1) is 10.1. The predicted molar refractivity (Wildman–Crippen MR) is 86.4 cm³/mol. The number of carbonyl (C=O) groups is 1. The maximum atomic E-state index is 11.6. The first-order valence-corrected chi connectivity index (χ1v) is 8.03. The molecule has 21 heavy (non-hydrogen) atoms. The Morgan fingerprint density at radius 3 is 2.67 bits per heavy atom. The lowest BCUT2D eigenvalue weighted by Gasteiger charge is -2.36. The summed E-state index contributed by atoms with van der Waals surface area (Å²) >= 11 is 0. The van der Waals surface area contributed by atoms with Crippen LogP contribution in [0.1, 0.15) is 50.6 Å². The van der Waals surface area contributed by atoms with Crippen molar-refractivity contribution in [3.63, 3.8) is 0 Å². The van der Waals surface area contributed by atoms with Crippen LogP contribution in [0.3, 0.4) is 0 Å². The van der Waals surface area contributed by atoms with Gasteiger partial charge in [-0.2, -0.15) is 0 Å². The minimum atomic E-state index is -0.514. The van der Waals surface area contributed by atoms with Crippen LogP contribution >= 0.6 is 0 Å². The number of rotatable bonds is 3. The van der Waals surface area contributed by atoms with Gasteiger partial charge < -0.3 is 16.0 Å². The van der Waals surface area contributed by atoms with Gasteiger partial charge in [-0.1, -0.05) is 19.4 Å². The van der Waals surface area contributed by atoms with E-state index in [9.17, 15) is 4.79 Å². The van der Waals surface area contributed by atoms with Crippen molar-refractivity contribution >= 4 is 17.3 Å². The SMILES string of the molecule is CCC1CCC(N(C)c2ccc3c(c2)NC(=O)C3N)CC1. The average Bonchev–Trinajstić information content (AvgIpc) is 2.81. The van der Waals surface area contributed by atoms with Crippen LogP contribution in [0.4, 0.5) is 11.4 Å². The van der Waals surface area contributed by atoms with Gasteiger partial charge in [-0.05, 0) is 43.7 Å². The van der Waals surface area contributed by atoms with Crippen molar-refractivity contribution in [3.05, 3.63) is 23.8 Å². The number of amides is 1. The van der Waals surface area contributed by atoms with E-state index in [4.69, 9.17) is 5.73 Å². The van der Waals surface area contributed by atoms with Gasteiger partial charge in [0.2, 0.25) is 5.91 Å². The fourth-order valence-corrected chi connectivity index (χ4v) is 3.65. The third kappa shape index (κ3) is 2.64. The molecular weight excluding hydrogens is 262 g/mol. The second-order valence-electron chi connectivity index (χ2n) is 6.43. The number of nitrogens with zero attached hydrogens (tertiary/aromatic N) is 1. The molecule has 1 unspecified atom stereocenters. The molecule has 1 aromatic rings. The molecule has 4 nitrogen and oxygen atoms in total. The Labute approximate surface area is 126 Å². The van der Waals surface area contributed by atoms with Crippen LogP contribution in [0.15, 0.2) is 18.2 Å². The summed E-state index contributed by atoms with van der Waals surface area (Å²) in [6.45, 7) is 2.29. The Morgan fingerprint density at radius 1 is 1.29 bits per heavy atom. The minimum Gasteiger partial charge on any atom is -0.372 e. The lowest BCUT2D eigenvalue weighted by atomic mass is 9.84. The Bertz CT molecular complexity index is 535. The van der Waals surface area contributed by atoms with Crippen molar-refractivity contribution in [2.24, 2.45) is 11.7 Å². The molecule has 0 bridgehead atoms. The molecule has 1 heterocycles. The third-order valence-corrected chi connectivity index (χ3v) is 5.26. The van der Waals surface area contributed by atoms with Crippen molar-refractivity contribution in [2.45, 2.75) is 51.1 Å². The maximum absolute atomic E-state index is 11.6.